The van der Waals surface area contributed by atoms with Gasteiger partial charge >= 0.3 is 0 Å². The van der Waals surface area contributed by atoms with E-state index in [1.165, 1.54) is 0 Å². The van der Waals surface area contributed by atoms with Crippen LogP contribution in [0.25, 0.3) is 22.9 Å². The molecule has 0 aliphatic rings. The highest BCUT2D eigenvalue weighted by atomic mass is 16.5. The lowest BCUT2D eigenvalue weighted by atomic mass is 10.2. The van der Waals surface area contributed by atoms with Crippen molar-refractivity contribution in [3.8, 4) is 34.4 Å². The molecule has 6 nitrogen and oxygen atoms in total. The highest BCUT2D eigenvalue weighted by molar-refractivity contribution is 5.61. The molecule has 0 saturated carbocycles. The summed E-state index contributed by atoms with van der Waals surface area (Å²) in [6, 6.07) is 9.07. The second-order valence-electron chi connectivity index (χ2n) is 4.26. The zero-order valence-corrected chi connectivity index (χ0v) is 11.6. The molecule has 0 saturated heterocycles. The maximum atomic E-state index is 5.68. The van der Waals surface area contributed by atoms with E-state index in [2.05, 4.69) is 15.2 Å². The SMILES string of the molecule is COc1cc(OC)cc(-c2nnc(-c3cccnc3)o2)c1. The van der Waals surface area contributed by atoms with Crippen molar-refractivity contribution in [3.05, 3.63) is 42.7 Å². The Morgan fingerprint density at radius 3 is 2.14 bits per heavy atom. The minimum atomic E-state index is 0.394. The normalized spacial score (nSPS) is 10.4. The second-order valence-corrected chi connectivity index (χ2v) is 4.26. The van der Waals surface area contributed by atoms with Crippen molar-refractivity contribution < 1.29 is 13.9 Å². The number of hydrogen-bond donors (Lipinski definition) is 0. The number of hydrogen-bond acceptors (Lipinski definition) is 6. The lowest BCUT2D eigenvalue weighted by molar-refractivity contribution is 0.394. The van der Waals surface area contributed by atoms with E-state index in [4.69, 9.17) is 13.9 Å². The number of rotatable bonds is 4. The van der Waals surface area contributed by atoms with Gasteiger partial charge < -0.3 is 13.9 Å². The van der Waals surface area contributed by atoms with E-state index in [9.17, 15) is 0 Å². The highest BCUT2D eigenvalue weighted by Gasteiger charge is 2.12. The molecule has 2 aromatic heterocycles. The minimum absolute atomic E-state index is 0.394. The van der Waals surface area contributed by atoms with Crippen LogP contribution in [0.2, 0.25) is 0 Å². The first-order chi connectivity index (χ1) is 10.3. The predicted octanol–water partition coefficient (Wildman–Crippen LogP) is 2.82. The minimum Gasteiger partial charge on any atom is -0.497 e. The standard InChI is InChI=1S/C15H13N3O3/c1-19-12-6-11(7-13(8-12)20-2)15-18-17-14(21-15)10-4-3-5-16-9-10/h3-9H,1-2H3. The lowest BCUT2D eigenvalue weighted by Crippen LogP contribution is -1.88. The Morgan fingerprint density at radius 1 is 0.905 bits per heavy atom. The maximum absolute atomic E-state index is 5.68. The van der Waals surface area contributed by atoms with Crippen LogP contribution in [-0.2, 0) is 0 Å². The lowest BCUT2D eigenvalue weighted by Gasteiger charge is -2.05. The summed E-state index contributed by atoms with van der Waals surface area (Å²) in [5.41, 5.74) is 1.50. The third kappa shape index (κ3) is 2.69. The van der Waals surface area contributed by atoms with Crippen LogP contribution in [0, 0.1) is 0 Å². The molecule has 21 heavy (non-hydrogen) atoms. The van der Waals surface area contributed by atoms with Crippen molar-refractivity contribution in [2.75, 3.05) is 14.2 Å². The average molecular weight is 283 g/mol. The molecular formula is C15H13N3O3. The van der Waals surface area contributed by atoms with E-state index in [-0.39, 0.29) is 0 Å². The van der Waals surface area contributed by atoms with Crippen LogP contribution in [0.5, 0.6) is 11.5 Å². The Morgan fingerprint density at radius 2 is 1.57 bits per heavy atom. The molecule has 0 spiro atoms. The molecule has 1 aromatic carbocycles. The first kappa shape index (κ1) is 13.1. The summed E-state index contributed by atoms with van der Waals surface area (Å²) in [6.07, 6.45) is 3.36. The summed E-state index contributed by atoms with van der Waals surface area (Å²) in [5, 5.41) is 8.09. The Bertz CT molecular complexity index is 719. The Labute approximate surface area is 121 Å². The molecule has 2 heterocycles. The van der Waals surface area contributed by atoms with Gasteiger partial charge in [-0.2, -0.15) is 0 Å². The van der Waals surface area contributed by atoms with Gasteiger partial charge in [-0.05, 0) is 24.3 Å². The zero-order valence-electron chi connectivity index (χ0n) is 11.6. The number of methoxy groups -OCH3 is 2. The molecule has 6 heteroatoms. The van der Waals surface area contributed by atoms with Crippen LogP contribution in [0.3, 0.4) is 0 Å². The molecule has 0 aliphatic heterocycles. The first-order valence-electron chi connectivity index (χ1n) is 6.27. The molecule has 3 rings (SSSR count). The van der Waals surface area contributed by atoms with Gasteiger partial charge in [-0.1, -0.05) is 0 Å². The van der Waals surface area contributed by atoms with Gasteiger partial charge in [0.15, 0.2) is 0 Å². The second kappa shape index (κ2) is 5.62. The topological polar surface area (TPSA) is 70.3 Å². The van der Waals surface area contributed by atoms with Crippen LogP contribution < -0.4 is 9.47 Å². The summed E-state index contributed by atoms with van der Waals surface area (Å²) in [7, 11) is 3.18. The molecule has 0 bridgehead atoms. The molecule has 0 amide bonds. The van der Waals surface area contributed by atoms with Gasteiger partial charge in [0.1, 0.15) is 11.5 Å². The van der Waals surface area contributed by atoms with Crippen LogP contribution in [0.1, 0.15) is 0 Å². The Balaban J connectivity index is 2.00. The first-order valence-corrected chi connectivity index (χ1v) is 6.27. The van der Waals surface area contributed by atoms with E-state index in [1.54, 1.807) is 32.7 Å². The van der Waals surface area contributed by atoms with E-state index in [0.717, 1.165) is 11.1 Å². The van der Waals surface area contributed by atoms with Crippen LogP contribution in [0.4, 0.5) is 0 Å². The summed E-state index contributed by atoms with van der Waals surface area (Å²) in [5.74, 6) is 2.13. The number of nitrogens with zero attached hydrogens (tertiary/aromatic N) is 3. The zero-order chi connectivity index (χ0) is 14.7. The number of aromatic nitrogens is 3. The third-order valence-corrected chi connectivity index (χ3v) is 2.93. The van der Waals surface area contributed by atoms with Gasteiger partial charge in [-0.25, -0.2) is 0 Å². The van der Waals surface area contributed by atoms with Crippen LogP contribution in [-0.4, -0.2) is 29.4 Å². The average Bonchev–Trinajstić information content (AvgIpc) is 3.05. The van der Waals surface area contributed by atoms with Crippen molar-refractivity contribution in [3.63, 3.8) is 0 Å². The Hall–Kier alpha value is -2.89. The van der Waals surface area contributed by atoms with E-state index in [1.807, 2.05) is 24.3 Å². The van der Waals surface area contributed by atoms with Gasteiger partial charge in [0, 0.05) is 24.0 Å². The molecule has 3 aromatic rings. The molecule has 106 valence electrons. The van der Waals surface area contributed by atoms with E-state index < -0.39 is 0 Å². The fourth-order valence-electron chi connectivity index (χ4n) is 1.88. The molecule has 0 radical (unpaired) electrons. The van der Waals surface area contributed by atoms with Crippen molar-refractivity contribution >= 4 is 0 Å². The van der Waals surface area contributed by atoms with Crippen molar-refractivity contribution in [1.82, 2.24) is 15.2 Å². The maximum Gasteiger partial charge on any atom is 0.249 e. The molecule has 0 fully saturated rings. The fraction of sp³-hybridized carbons (Fsp3) is 0.133. The van der Waals surface area contributed by atoms with Gasteiger partial charge in [0.2, 0.25) is 11.8 Å². The van der Waals surface area contributed by atoms with Gasteiger partial charge in [0.25, 0.3) is 0 Å². The van der Waals surface area contributed by atoms with Crippen molar-refractivity contribution in [2.24, 2.45) is 0 Å². The van der Waals surface area contributed by atoms with E-state index >= 15 is 0 Å². The summed E-state index contributed by atoms with van der Waals surface area (Å²) < 4.78 is 16.1. The molecule has 0 unspecified atom stereocenters. The van der Waals surface area contributed by atoms with Crippen molar-refractivity contribution in [2.45, 2.75) is 0 Å². The molecule has 0 aliphatic carbocycles. The molecular weight excluding hydrogens is 270 g/mol. The van der Waals surface area contributed by atoms with E-state index in [0.29, 0.717) is 23.3 Å². The van der Waals surface area contributed by atoms with Crippen LogP contribution in [0.15, 0.2) is 47.1 Å². The van der Waals surface area contributed by atoms with Crippen LogP contribution >= 0.6 is 0 Å². The van der Waals surface area contributed by atoms with Gasteiger partial charge in [0.05, 0.1) is 19.8 Å². The largest absolute Gasteiger partial charge is 0.497 e. The predicted molar refractivity (Wildman–Crippen MR) is 76.1 cm³/mol. The molecule has 0 N–H and O–H groups in total. The number of pyridine rings is 1. The smallest absolute Gasteiger partial charge is 0.249 e. The van der Waals surface area contributed by atoms with Gasteiger partial charge in [-0.3, -0.25) is 4.98 Å². The molecule has 0 atom stereocenters. The van der Waals surface area contributed by atoms with Crippen molar-refractivity contribution in [1.29, 1.82) is 0 Å². The number of ether oxygens (including phenoxy) is 2. The Kier molecular flexibility index (Phi) is 3.51. The summed E-state index contributed by atoms with van der Waals surface area (Å²) in [6.45, 7) is 0. The monoisotopic (exact) mass is 283 g/mol. The number of benzene rings is 1. The fourth-order valence-corrected chi connectivity index (χ4v) is 1.88. The summed E-state index contributed by atoms with van der Waals surface area (Å²) in [4.78, 5) is 4.03. The summed E-state index contributed by atoms with van der Waals surface area (Å²) >= 11 is 0. The highest BCUT2D eigenvalue weighted by Crippen LogP contribution is 2.30. The van der Waals surface area contributed by atoms with Gasteiger partial charge in [-0.15, -0.1) is 10.2 Å². The third-order valence-electron chi connectivity index (χ3n) is 2.93. The quantitative estimate of drug-likeness (QED) is 0.733.